The number of aromatic nitrogens is 3. The number of piperidine rings is 1. The first-order valence-electron chi connectivity index (χ1n) is 8.94. The number of carbonyl (C=O) groups is 2. The molecule has 1 saturated heterocycles. The van der Waals surface area contributed by atoms with Gasteiger partial charge in [-0.2, -0.15) is 0 Å². The predicted molar refractivity (Wildman–Crippen MR) is 98.7 cm³/mol. The Balaban J connectivity index is 1.71. The molecule has 1 fully saturated rings. The summed E-state index contributed by atoms with van der Waals surface area (Å²) in [7, 11) is 0. The molecule has 148 valence electrons. The van der Waals surface area contributed by atoms with E-state index in [0.717, 1.165) is 0 Å². The molecule has 0 aliphatic carbocycles. The summed E-state index contributed by atoms with van der Waals surface area (Å²) in [5.74, 6) is -0.715. The summed E-state index contributed by atoms with van der Waals surface area (Å²) in [5.41, 5.74) is 5.87. The number of benzene rings is 1. The number of nitro groups is 1. The molecule has 11 nitrogen and oxygen atoms in total. The quantitative estimate of drug-likeness (QED) is 0.527. The lowest BCUT2D eigenvalue weighted by atomic mass is 9.97. The van der Waals surface area contributed by atoms with Crippen LogP contribution in [0.25, 0.3) is 5.69 Å². The predicted octanol–water partition coefficient (Wildman–Crippen LogP) is 0.103. The highest BCUT2D eigenvalue weighted by molar-refractivity contribution is 5.92. The number of nitro benzene ring substituents is 1. The molecule has 1 atom stereocenters. The summed E-state index contributed by atoms with van der Waals surface area (Å²) in [5, 5.41) is 21.5. The average Bonchev–Trinajstić information content (AvgIpc) is 3.22. The van der Waals surface area contributed by atoms with Gasteiger partial charge in [-0.05, 0) is 18.9 Å². The van der Waals surface area contributed by atoms with Crippen molar-refractivity contribution in [3.05, 3.63) is 46.3 Å². The molecule has 11 heteroatoms. The van der Waals surface area contributed by atoms with Crippen molar-refractivity contribution in [1.82, 2.24) is 25.2 Å². The van der Waals surface area contributed by atoms with Crippen LogP contribution in [0.4, 0.5) is 5.69 Å². The van der Waals surface area contributed by atoms with Gasteiger partial charge in [-0.25, -0.2) is 4.68 Å². The van der Waals surface area contributed by atoms with Crippen molar-refractivity contribution in [2.45, 2.75) is 12.8 Å². The summed E-state index contributed by atoms with van der Waals surface area (Å²) in [6.45, 7) is 1.60. The number of nitrogens with zero attached hydrogens (tertiary/aromatic N) is 5. The van der Waals surface area contributed by atoms with Crippen LogP contribution in [0, 0.1) is 16.0 Å². The summed E-state index contributed by atoms with van der Waals surface area (Å²) < 4.78 is 1.32. The van der Waals surface area contributed by atoms with Gasteiger partial charge in [0, 0.05) is 38.3 Å². The zero-order valence-corrected chi connectivity index (χ0v) is 15.2. The molecular formula is C17H21N7O4. The van der Waals surface area contributed by atoms with Gasteiger partial charge in [0.1, 0.15) is 0 Å². The minimum atomic E-state index is -0.504. The Bertz CT molecular complexity index is 882. The Morgan fingerprint density at radius 1 is 1.39 bits per heavy atom. The number of amides is 2. The van der Waals surface area contributed by atoms with Gasteiger partial charge in [0.25, 0.3) is 11.6 Å². The minimum Gasteiger partial charge on any atom is -0.355 e. The van der Waals surface area contributed by atoms with E-state index >= 15 is 0 Å². The molecule has 0 radical (unpaired) electrons. The SMILES string of the molecule is NCCNC(=O)C1CCCN(C(=O)c2cn(-c3cccc([N+](=O)[O-])c3)nn2)C1. The second kappa shape index (κ2) is 8.57. The maximum absolute atomic E-state index is 12.8. The molecule has 0 saturated carbocycles. The molecule has 3 N–H and O–H groups in total. The molecule has 2 amide bonds. The molecule has 1 unspecified atom stereocenters. The van der Waals surface area contributed by atoms with Gasteiger partial charge in [-0.1, -0.05) is 11.3 Å². The second-order valence-electron chi connectivity index (χ2n) is 6.50. The highest BCUT2D eigenvalue weighted by atomic mass is 16.6. The lowest BCUT2D eigenvalue weighted by Crippen LogP contribution is -2.46. The first-order valence-corrected chi connectivity index (χ1v) is 8.94. The first-order chi connectivity index (χ1) is 13.5. The van der Waals surface area contributed by atoms with Gasteiger partial charge in [0.15, 0.2) is 5.69 Å². The van der Waals surface area contributed by atoms with E-state index < -0.39 is 4.92 Å². The average molecular weight is 387 g/mol. The van der Waals surface area contributed by atoms with E-state index in [1.807, 2.05) is 0 Å². The summed E-state index contributed by atoms with van der Waals surface area (Å²) in [6, 6.07) is 5.89. The number of carbonyl (C=O) groups excluding carboxylic acids is 2. The van der Waals surface area contributed by atoms with E-state index in [-0.39, 0.29) is 29.1 Å². The Morgan fingerprint density at radius 3 is 2.96 bits per heavy atom. The van der Waals surface area contributed by atoms with Crippen LogP contribution in [0.1, 0.15) is 23.3 Å². The van der Waals surface area contributed by atoms with Crippen molar-refractivity contribution < 1.29 is 14.5 Å². The third-order valence-corrected chi connectivity index (χ3v) is 4.54. The Kier molecular flexibility index (Phi) is 5.94. The van der Waals surface area contributed by atoms with E-state index in [9.17, 15) is 19.7 Å². The van der Waals surface area contributed by atoms with Crippen molar-refractivity contribution in [1.29, 1.82) is 0 Å². The van der Waals surface area contributed by atoms with Crippen LogP contribution in [0.15, 0.2) is 30.5 Å². The molecule has 0 spiro atoms. The van der Waals surface area contributed by atoms with Gasteiger partial charge >= 0.3 is 0 Å². The third-order valence-electron chi connectivity index (χ3n) is 4.54. The summed E-state index contributed by atoms with van der Waals surface area (Å²) in [4.78, 5) is 36.9. The maximum atomic E-state index is 12.8. The van der Waals surface area contributed by atoms with Crippen LogP contribution in [-0.2, 0) is 4.79 Å². The summed E-state index contributed by atoms with van der Waals surface area (Å²) in [6.07, 6.45) is 2.85. The van der Waals surface area contributed by atoms with Gasteiger partial charge in [-0.3, -0.25) is 19.7 Å². The largest absolute Gasteiger partial charge is 0.355 e. The lowest BCUT2D eigenvalue weighted by molar-refractivity contribution is -0.384. The van der Waals surface area contributed by atoms with Crippen molar-refractivity contribution in [2.24, 2.45) is 11.7 Å². The standard InChI is InChI=1S/C17H21N7O4/c18-6-7-19-16(25)12-3-2-8-22(10-12)17(26)15-11-23(21-20-15)13-4-1-5-14(9-13)24(27)28/h1,4-5,9,11-12H,2-3,6-8,10,18H2,(H,19,25). The van der Waals surface area contributed by atoms with Gasteiger partial charge in [0.2, 0.25) is 5.91 Å². The molecule has 2 heterocycles. The number of nitrogens with two attached hydrogens (primary N) is 1. The number of hydrogen-bond donors (Lipinski definition) is 2. The fourth-order valence-corrected chi connectivity index (χ4v) is 3.11. The number of rotatable bonds is 6. The third kappa shape index (κ3) is 4.31. The van der Waals surface area contributed by atoms with Crippen LogP contribution >= 0.6 is 0 Å². The zero-order chi connectivity index (χ0) is 20.1. The van der Waals surface area contributed by atoms with E-state index in [4.69, 9.17) is 5.73 Å². The number of nitrogens with one attached hydrogen (secondary N) is 1. The molecule has 2 aromatic rings. The molecular weight excluding hydrogens is 366 g/mol. The second-order valence-corrected chi connectivity index (χ2v) is 6.50. The van der Waals surface area contributed by atoms with E-state index in [1.54, 1.807) is 11.0 Å². The van der Waals surface area contributed by atoms with Crippen molar-refractivity contribution in [3.8, 4) is 5.69 Å². The fourth-order valence-electron chi connectivity index (χ4n) is 3.11. The Labute approximate surface area is 160 Å². The molecule has 3 rings (SSSR count). The van der Waals surface area contributed by atoms with Crippen LogP contribution in [0.3, 0.4) is 0 Å². The lowest BCUT2D eigenvalue weighted by Gasteiger charge is -2.31. The Morgan fingerprint density at radius 2 is 2.21 bits per heavy atom. The van der Waals surface area contributed by atoms with Crippen LogP contribution in [0.2, 0.25) is 0 Å². The zero-order valence-electron chi connectivity index (χ0n) is 15.2. The Hall–Kier alpha value is -3.34. The van der Waals surface area contributed by atoms with Gasteiger partial charge in [0.05, 0.1) is 22.7 Å². The number of likely N-dealkylation sites (tertiary alicyclic amines) is 1. The van der Waals surface area contributed by atoms with Crippen molar-refractivity contribution in [3.63, 3.8) is 0 Å². The van der Waals surface area contributed by atoms with E-state index in [1.165, 1.54) is 29.1 Å². The van der Waals surface area contributed by atoms with Gasteiger partial charge in [-0.15, -0.1) is 5.10 Å². The van der Waals surface area contributed by atoms with Crippen LogP contribution < -0.4 is 11.1 Å². The van der Waals surface area contributed by atoms with Crippen molar-refractivity contribution in [2.75, 3.05) is 26.2 Å². The number of hydrogen-bond acceptors (Lipinski definition) is 7. The fraction of sp³-hybridized carbons (Fsp3) is 0.412. The van der Waals surface area contributed by atoms with Gasteiger partial charge < -0.3 is 16.0 Å². The van der Waals surface area contributed by atoms with Crippen LogP contribution in [0.5, 0.6) is 0 Å². The monoisotopic (exact) mass is 387 g/mol. The molecule has 1 aromatic carbocycles. The highest BCUT2D eigenvalue weighted by Crippen LogP contribution is 2.19. The van der Waals surface area contributed by atoms with Crippen molar-refractivity contribution >= 4 is 17.5 Å². The minimum absolute atomic E-state index is 0.0803. The first kappa shape index (κ1) is 19.4. The normalized spacial score (nSPS) is 16.6. The van der Waals surface area contributed by atoms with E-state index in [2.05, 4.69) is 15.6 Å². The molecule has 1 aromatic heterocycles. The molecule has 1 aliphatic heterocycles. The smallest absolute Gasteiger partial charge is 0.276 e. The molecule has 0 bridgehead atoms. The molecule has 1 aliphatic rings. The topological polar surface area (TPSA) is 149 Å². The summed E-state index contributed by atoms with van der Waals surface area (Å²) >= 11 is 0. The number of non-ortho nitro benzene ring substituents is 1. The maximum Gasteiger partial charge on any atom is 0.276 e. The molecule has 28 heavy (non-hydrogen) atoms. The van der Waals surface area contributed by atoms with Crippen LogP contribution in [-0.4, -0.2) is 62.8 Å². The van der Waals surface area contributed by atoms with E-state index in [0.29, 0.717) is 44.7 Å². The highest BCUT2D eigenvalue weighted by Gasteiger charge is 2.30.